The molecule has 0 aliphatic carbocycles. The third-order valence-corrected chi connectivity index (χ3v) is 4.02. The Balaban J connectivity index is 1.55. The standard InChI is InChI=1S/C17H28N2O/c18-11-5-15-20-17-9-13-19(14-10-17)12-4-8-16-6-2-1-3-7-16/h1-3,6-7,17H,4-5,8-15,18H2. The van der Waals surface area contributed by atoms with Crippen LogP contribution in [0.4, 0.5) is 0 Å². The third kappa shape index (κ3) is 5.61. The Morgan fingerprint density at radius 1 is 1.10 bits per heavy atom. The average molecular weight is 276 g/mol. The van der Waals surface area contributed by atoms with Gasteiger partial charge in [-0.2, -0.15) is 0 Å². The van der Waals surface area contributed by atoms with Crippen molar-refractivity contribution in [3.63, 3.8) is 0 Å². The maximum atomic E-state index is 5.84. The Kier molecular flexibility index (Phi) is 7.06. The summed E-state index contributed by atoms with van der Waals surface area (Å²) < 4.78 is 5.84. The molecule has 0 amide bonds. The molecule has 2 rings (SSSR count). The summed E-state index contributed by atoms with van der Waals surface area (Å²) in [6.07, 6.45) is 6.24. The van der Waals surface area contributed by atoms with Crippen LogP contribution in [0.15, 0.2) is 30.3 Å². The van der Waals surface area contributed by atoms with Gasteiger partial charge in [0, 0.05) is 19.7 Å². The fourth-order valence-corrected chi connectivity index (χ4v) is 2.78. The molecule has 3 heteroatoms. The summed E-state index contributed by atoms with van der Waals surface area (Å²) in [5.41, 5.74) is 6.93. The number of hydrogen-bond acceptors (Lipinski definition) is 3. The molecule has 0 atom stereocenters. The average Bonchev–Trinajstić information content (AvgIpc) is 2.50. The Labute approximate surface area is 123 Å². The van der Waals surface area contributed by atoms with E-state index in [1.54, 1.807) is 0 Å². The van der Waals surface area contributed by atoms with Gasteiger partial charge in [0.05, 0.1) is 6.10 Å². The molecule has 1 aromatic rings. The van der Waals surface area contributed by atoms with Crippen molar-refractivity contribution in [1.82, 2.24) is 4.90 Å². The fourth-order valence-electron chi connectivity index (χ4n) is 2.78. The largest absolute Gasteiger partial charge is 0.378 e. The number of rotatable bonds is 8. The molecule has 2 N–H and O–H groups in total. The maximum Gasteiger partial charge on any atom is 0.0599 e. The molecule has 3 nitrogen and oxygen atoms in total. The van der Waals surface area contributed by atoms with E-state index in [2.05, 4.69) is 35.2 Å². The minimum absolute atomic E-state index is 0.465. The number of nitrogens with zero attached hydrogens (tertiary/aromatic N) is 1. The molecule has 0 bridgehead atoms. The van der Waals surface area contributed by atoms with Gasteiger partial charge in [-0.1, -0.05) is 30.3 Å². The second kappa shape index (κ2) is 9.11. The molecule has 1 fully saturated rings. The van der Waals surface area contributed by atoms with E-state index in [4.69, 9.17) is 10.5 Å². The minimum atomic E-state index is 0.465. The highest BCUT2D eigenvalue weighted by atomic mass is 16.5. The molecule has 0 unspecified atom stereocenters. The molecular formula is C17H28N2O. The molecule has 1 aliphatic heterocycles. The van der Waals surface area contributed by atoms with E-state index in [1.165, 1.54) is 50.9 Å². The van der Waals surface area contributed by atoms with Crippen LogP contribution >= 0.6 is 0 Å². The molecule has 1 aliphatic rings. The smallest absolute Gasteiger partial charge is 0.0599 e. The number of aryl methyl sites for hydroxylation is 1. The topological polar surface area (TPSA) is 38.5 Å². The van der Waals surface area contributed by atoms with E-state index in [1.807, 2.05) is 0 Å². The van der Waals surface area contributed by atoms with E-state index in [9.17, 15) is 0 Å². The first-order chi connectivity index (χ1) is 9.88. The first-order valence-electron chi connectivity index (χ1n) is 7.96. The lowest BCUT2D eigenvalue weighted by molar-refractivity contribution is 0.00713. The van der Waals surface area contributed by atoms with E-state index in [-0.39, 0.29) is 0 Å². The van der Waals surface area contributed by atoms with Crippen molar-refractivity contribution >= 4 is 0 Å². The fraction of sp³-hybridized carbons (Fsp3) is 0.647. The minimum Gasteiger partial charge on any atom is -0.378 e. The van der Waals surface area contributed by atoms with Crippen molar-refractivity contribution < 1.29 is 4.74 Å². The van der Waals surface area contributed by atoms with Gasteiger partial charge in [0.1, 0.15) is 0 Å². The molecular weight excluding hydrogens is 248 g/mol. The van der Waals surface area contributed by atoms with Crippen molar-refractivity contribution in [2.45, 2.75) is 38.2 Å². The van der Waals surface area contributed by atoms with Crippen molar-refractivity contribution in [3.8, 4) is 0 Å². The zero-order valence-electron chi connectivity index (χ0n) is 12.5. The van der Waals surface area contributed by atoms with Gasteiger partial charge in [-0.3, -0.25) is 0 Å². The highest BCUT2D eigenvalue weighted by Gasteiger charge is 2.18. The molecule has 1 heterocycles. The predicted molar refractivity (Wildman–Crippen MR) is 83.8 cm³/mol. The molecule has 0 spiro atoms. The van der Waals surface area contributed by atoms with Crippen molar-refractivity contribution in [2.75, 3.05) is 32.8 Å². The second-order valence-corrected chi connectivity index (χ2v) is 5.64. The lowest BCUT2D eigenvalue weighted by Gasteiger charge is -2.31. The zero-order chi connectivity index (χ0) is 14.0. The van der Waals surface area contributed by atoms with Crippen LogP contribution < -0.4 is 5.73 Å². The highest BCUT2D eigenvalue weighted by molar-refractivity contribution is 5.14. The quantitative estimate of drug-likeness (QED) is 0.741. The Bertz CT molecular complexity index is 347. The number of ether oxygens (including phenoxy) is 1. The van der Waals surface area contributed by atoms with Gasteiger partial charge in [0.25, 0.3) is 0 Å². The Morgan fingerprint density at radius 3 is 2.55 bits per heavy atom. The maximum absolute atomic E-state index is 5.84. The number of piperidine rings is 1. The summed E-state index contributed by atoms with van der Waals surface area (Å²) in [6, 6.07) is 10.8. The van der Waals surface area contributed by atoms with Crippen LogP contribution in [0.25, 0.3) is 0 Å². The van der Waals surface area contributed by atoms with Crippen LogP contribution in [0.5, 0.6) is 0 Å². The van der Waals surface area contributed by atoms with Gasteiger partial charge in [0.15, 0.2) is 0 Å². The second-order valence-electron chi connectivity index (χ2n) is 5.64. The summed E-state index contributed by atoms with van der Waals surface area (Å²) in [5.74, 6) is 0. The van der Waals surface area contributed by atoms with Gasteiger partial charge in [-0.15, -0.1) is 0 Å². The van der Waals surface area contributed by atoms with Crippen LogP contribution in [0.1, 0.15) is 31.2 Å². The predicted octanol–water partition coefficient (Wildman–Crippen LogP) is 2.45. The monoisotopic (exact) mass is 276 g/mol. The first kappa shape index (κ1) is 15.5. The van der Waals surface area contributed by atoms with Gasteiger partial charge in [0.2, 0.25) is 0 Å². The van der Waals surface area contributed by atoms with Crippen LogP contribution in [0, 0.1) is 0 Å². The summed E-state index contributed by atoms with van der Waals surface area (Å²) in [4.78, 5) is 2.58. The van der Waals surface area contributed by atoms with E-state index < -0.39 is 0 Å². The number of likely N-dealkylation sites (tertiary alicyclic amines) is 1. The summed E-state index contributed by atoms with van der Waals surface area (Å²) in [5, 5.41) is 0. The first-order valence-corrected chi connectivity index (χ1v) is 7.96. The normalized spacial score (nSPS) is 17.4. The Hall–Kier alpha value is -0.900. The van der Waals surface area contributed by atoms with Gasteiger partial charge in [-0.05, 0) is 50.8 Å². The number of benzene rings is 1. The van der Waals surface area contributed by atoms with Crippen molar-refractivity contribution in [1.29, 1.82) is 0 Å². The third-order valence-electron chi connectivity index (χ3n) is 4.02. The van der Waals surface area contributed by atoms with Crippen LogP contribution in [0.2, 0.25) is 0 Å². The van der Waals surface area contributed by atoms with E-state index in [0.717, 1.165) is 19.6 Å². The molecule has 112 valence electrons. The van der Waals surface area contributed by atoms with E-state index >= 15 is 0 Å². The zero-order valence-corrected chi connectivity index (χ0v) is 12.5. The number of hydrogen-bond donors (Lipinski definition) is 1. The molecule has 0 radical (unpaired) electrons. The SMILES string of the molecule is NCCCOC1CCN(CCCc2ccccc2)CC1. The van der Waals surface area contributed by atoms with Crippen LogP contribution in [-0.2, 0) is 11.2 Å². The van der Waals surface area contributed by atoms with Crippen LogP contribution in [0.3, 0.4) is 0 Å². The summed E-state index contributed by atoms with van der Waals surface area (Å²) in [6.45, 7) is 5.14. The van der Waals surface area contributed by atoms with Gasteiger partial charge < -0.3 is 15.4 Å². The molecule has 0 saturated carbocycles. The van der Waals surface area contributed by atoms with E-state index in [0.29, 0.717) is 6.10 Å². The van der Waals surface area contributed by atoms with Crippen molar-refractivity contribution in [3.05, 3.63) is 35.9 Å². The lowest BCUT2D eigenvalue weighted by atomic mass is 10.1. The summed E-state index contributed by atoms with van der Waals surface area (Å²) >= 11 is 0. The van der Waals surface area contributed by atoms with Crippen LogP contribution in [-0.4, -0.2) is 43.8 Å². The Morgan fingerprint density at radius 2 is 1.85 bits per heavy atom. The molecule has 0 aromatic heterocycles. The van der Waals surface area contributed by atoms with Gasteiger partial charge in [-0.25, -0.2) is 0 Å². The molecule has 1 aromatic carbocycles. The summed E-state index contributed by atoms with van der Waals surface area (Å²) in [7, 11) is 0. The number of nitrogens with two attached hydrogens (primary N) is 1. The lowest BCUT2D eigenvalue weighted by Crippen LogP contribution is -2.37. The van der Waals surface area contributed by atoms with Gasteiger partial charge >= 0.3 is 0 Å². The molecule has 20 heavy (non-hydrogen) atoms. The molecule has 1 saturated heterocycles. The highest BCUT2D eigenvalue weighted by Crippen LogP contribution is 2.14. The van der Waals surface area contributed by atoms with Crippen molar-refractivity contribution in [2.24, 2.45) is 5.73 Å².